The minimum Gasteiger partial charge on any atom is -0.466 e. The van der Waals surface area contributed by atoms with Gasteiger partial charge in [0, 0.05) is 6.92 Å². The number of ether oxygens (including phenoxy) is 1. The van der Waals surface area contributed by atoms with Gasteiger partial charge in [-0.2, -0.15) is 0 Å². The topological polar surface area (TPSA) is 26.3 Å². The fourth-order valence-electron chi connectivity index (χ4n) is 1.16. The van der Waals surface area contributed by atoms with Crippen LogP contribution in [0.5, 0.6) is 0 Å². The molecule has 1 aromatic rings. The second-order valence-electron chi connectivity index (χ2n) is 3.10. The smallest absolute Gasteiger partial charge is 0.302 e. The van der Waals surface area contributed by atoms with Crippen molar-refractivity contribution in [1.82, 2.24) is 0 Å². The van der Waals surface area contributed by atoms with E-state index in [1.807, 2.05) is 18.2 Å². The van der Waals surface area contributed by atoms with Crippen LogP contribution in [0.25, 0.3) is 0 Å². The molecule has 1 aromatic carbocycles. The quantitative estimate of drug-likeness (QED) is 0.528. The van der Waals surface area contributed by atoms with Crippen LogP contribution in [0, 0.1) is 6.42 Å². The zero-order valence-corrected chi connectivity index (χ0v) is 8.40. The third-order valence-corrected chi connectivity index (χ3v) is 1.83. The Labute approximate surface area is 84.9 Å². The first kappa shape index (κ1) is 10.8. The minimum atomic E-state index is -0.204. The molecule has 14 heavy (non-hydrogen) atoms. The van der Waals surface area contributed by atoms with Crippen molar-refractivity contribution in [2.75, 3.05) is 6.61 Å². The highest BCUT2D eigenvalue weighted by atomic mass is 16.5. The molecule has 0 unspecified atom stereocenters. The molecule has 0 aliphatic carbocycles. The van der Waals surface area contributed by atoms with Gasteiger partial charge in [0.1, 0.15) is 0 Å². The van der Waals surface area contributed by atoms with E-state index in [1.54, 1.807) is 0 Å². The van der Waals surface area contributed by atoms with Gasteiger partial charge < -0.3 is 4.74 Å². The molecule has 1 rings (SSSR count). The van der Waals surface area contributed by atoms with E-state index >= 15 is 0 Å². The van der Waals surface area contributed by atoms with Gasteiger partial charge in [-0.3, -0.25) is 4.79 Å². The van der Waals surface area contributed by atoms with Crippen LogP contribution in [-0.4, -0.2) is 12.6 Å². The molecule has 0 amide bonds. The normalized spacial score (nSPS) is 9.79. The molecule has 0 fully saturated rings. The van der Waals surface area contributed by atoms with Crippen molar-refractivity contribution in [2.45, 2.75) is 19.8 Å². The Morgan fingerprint density at radius 3 is 2.71 bits per heavy atom. The van der Waals surface area contributed by atoms with Crippen LogP contribution in [0.2, 0.25) is 0 Å². The van der Waals surface area contributed by atoms with Gasteiger partial charge in [-0.05, 0) is 24.8 Å². The Bertz CT molecular complexity index is 267. The van der Waals surface area contributed by atoms with Crippen LogP contribution >= 0.6 is 0 Å². The molecule has 2 heteroatoms. The van der Waals surface area contributed by atoms with Crippen LogP contribution in [0.3, 0.4) is 0 Å². The summed E-state index contributed by atoms with van der Waals surface area (Å²) in [5, 5.41) is 0. The number of benzene rings is 1. The number of rotatable bonds is 5. The maximum absolute atomic E-state index is 10.4. The van der Waals surface area contributed by atoms with Crippen molar-refractivity contribution in [3.05, 3.63) is 42.3 Å². The van der Waals surface area contributed by atoms with E-state index in [0.29, 0.717) is 6.61 Å². The first-order chi connectivity index (χ1) is 6.79. The number of hydrogen-bond acceptors (Lipinski definition) is 2. The molecule has 0 bridgehead atoms. The zero-order chi connectivity index (χ0) is 10.2. The second-order valence-corrected chi connectivity index (χ2v) is 3.10. The highest BCUT2D eigenvalue weighted by Gasteiger charge is 1.94. The van der Waals surface area contributed by atoms with Gasteiger partial charge in [0.2, 0.25) is 0 Å². The van der Waals surface area contributed by atoms with E-state index in [4.69, 9.17) is 4.74 Å². The molecule has 0 heterocycles. The van der Waals surface area contributed by atoms with Gasteiger partial charge in [0.05, 0.1) is 6.61 Å². The van der Waals surface area contributed by atoms with E-state index in [1.165, 1.54) is 12.5 Å². The fourth-order valence-corrected chi connectivity index (χ4v) is 1.16. The Morgan fingerprint density at radius 2 is 2.07 bits per heavy atom. The summed E-state index contributed by atoms with van der Waals surface area (Å²) in [5.41, 5.74) is 1.22. The van der Waals surface area contributed by atoms with E-state index in [9.17, 15) is 4.79 Å². The predicted octanol–water partition coefficient (Wildman–Crippen LogP) is 2.58. The molecule has 0 N–H and O–H groups in total. The van der Waals surface area contributed by atoms with E-state index in [2.05, 4.69) is 18.6 Å². The fraction of sp³-hybridized carbons (Fsp3) is 0.333. The summed E-state index contributed by atoms with van der Waals surface area (Å²) in [6.45, 7) is 1.94. The third kappa shape index (κ3) is 4.65. The molecular weight excluding hydrogens is 176 g/mol. The Morgan fingerprint density at radius 1 is 1.36 bits per heavy atom. The van der Waals surface area contributed by atoms with Crippen molar-refractivity contribution in [2.24, 2.45) is 0 Å². The molecule has 0 atom stereocenters. The lowest BCUT2D eigenvalue weighted by molar-refractivity contribution is -0.141. The third-order valence-electron chi connectivity index (χ3n) is 1.83. The Kier molecular flexibility index (Phi) is 4.76. The minimum absolute atomic E-state index is 0.204. The average Bonchev–Trinajstić information content (AvgIpc) is 2.18. The van der Waals surface area contributed by atoms with E-state index < -0.39 is 0 Å². The number of unbranched alkanes of at least 4 members (excludes halogenated alkanes) is 1. The first-order valence-electron chi connectivity index (χ1n) is 4.80. The molecule has 2 nitrogen and oxygen atoms in total. The molecule has 0 aliphatic heterocycles. The molecular formula is C12H15O2. The van der Waals surface area contributed by atoms with Gasteiger partial charge >= 0.3 is 5.97 Å². The standard InChI is InChI=1S/C12H15O2/c1-11(13)14-10-6-5-9-12-7-3-2-4-8-12/h2-4,7-9H,5-6,10H2,1H3. The maximum atomic E-state index is 10.4. The summed E-state index contributed by atoms with van der Waals surface area (Å²) in [6.07, 6.45) is 3.97. The number of carbonyl (C=O) groups excluding carboxylic acids is 1. The average molecular weight is 191 g/mol. The summed E-state index contributed by atoms with van der Waals surface area (Å²) >= 11 is 0. The van der Waals surface area contributed by atoms with Crippen molar-refractivity contribution < 1.29 is 9.53 Å². The molecule has 1 radical (unpaired) electrons. The van der Waals surface area contributed by atoms with Gasteiger partial charge in [0.15, 0.2) is 0 Å². The van der Waals surface area contributed by atoms with E-state index in [0.717, 1.165) is 12.8 Å². The second kappa shape index (κ2) is 6.19. The number of hydrogen-bond donors (Lipinski definition) is 0. The summed E-state index contributed by atoms with van der Waals surface area (Å²) in [5.74, 6) is -0.204. The number of carbonyl (C=O) groups is 1. The summed E-state index contributed by atoms with van der Waals surface area (Å²) in [6, 6.07) is 10.1. The van der Waals surface area contributed by atoms with Crippen LogP contribution in [0.4, 0.5) is 0 Å². The van der Waals surface area contributed by atoms with Gasteiger partial charge in [-0.15, -0.1) is 0 Å². The van der Waals surface area contributed by atoms with Crippen molar-refractivity contribution >= 4 is 5.97 Å². The highest BCUT2D eigenvalue weighted by molar-refractivity contribution is 5.65. The summed E-state index contributed by atoms with van der Waals surface area (Å²) in [7, 11) is 0. The first-order valence-corrected chi connectivity index (χ1v) is 4.80. The van der Waals surface area contributed by atoms with Crippen LogP contribution in [0.1, 0.15) is 25.3 Å². The monoisotopic (exact) mass is 191 g/mol. The van der Waals surface area contributed by atoms with Crippen molar-refractivity contribution in [3.8, 4) is 0 Å². The molecule has 0 aliphatic rings. The predicted molar refractivity (Wildman–Crippen MR) is 55.7 cm³/mol. The molecule has 0 saturated heterocycles. The Hall–Kier alpha value is -1.31. The molecule has 0 spiro atoms. The van der Waals surface area contributed by atoms with Gasteiger partial charge in [0.25, 0.3) is 0 Å². The van der Waals surface area contributed by atoms with E-state index in [-0.39, 0.29) is 5.97 Å². The van der Waals surface area contributed by atoms with Gasteiger partial charge in [-0.25, -0.2) is 0 Å². The summed E-state index contributed by atoms with van der Waals surface area (Å²) in [4.78, 5) is 10.4. The van der Waals surface area contributed by atoms with Gasteiger partial charge in [-0.1, -0.05) is 30.3 Å². The lowest BCUT2D eigenvalue weighted by Crippen LogP contribution is -2.00. The number of esters is 1. The van der Waals surface area contributed by atoms with Crippen LogP contribution in [0.15, 0.2) is 30.3 Å². The lowest BCUT2D eigenvalue weighted by Gasteiger charge is -2.01. The van der Waals surface area contributed by atoms with Crippen LogP contribution < -0.4 is 0 Å². The highest BCUT2D eigenvalue weighted by Crippen LogP contribution is 2.06. The SMILES string of the molecule is CC(=O)OCCC[CH]c1ccccc1. The molecule has 0 aromatic heterocycles. The molecule has 75 valence electrons. The van der Waals surface area contributed by atoms with Crippen molar-refractivity contribution in [1.29, 1.82) is 0 Å². The summed E-state index contributed by atoms with van der Waals surface area (Å²) < 4.78 is 4.82. The largest absolute Gasteiger partial charge is 0.466 e. The molecule has 0 saturated carbocycles. The Balaban J connectivity index is 2.08. The van der Waals surface area contributed by atoms with Crippen molar-refractivity contribution in [3.63, 3.8) is 0 Å². The van der Waals surface area contributed by atoms with Crippen LogP contribution in [-0.2, 0) is 9.53 Å². The maximum Gasteiger partial charge on any atom is 0.302 e. The zero-order valence-electron chi connectivity index (χ0n) is 8.40. The lowest BCUT2D eigenvalue weighted by atomic mass is 10.1.